The van der Waals surface area contributed by atoms with E-state index in [1.165, 1.54) is 37.9 Å². The van der Waals surface area contributed by atoms with Crippen molar-refractivity contribution in [1.29, 1.82) is 0 Å². The van der Waals surface area contributed by atoms with Crippen molar-refractivity contribution in [3.63, 3.8) is 0 Å². The lowest BCUT2D eigenvalue weighted by Gasteiger charge is -2.15. The van der Waals surface area contributed by atoms with Gasteiger partial charge in [-0.25, -0.2) is 21.9 Å². The van der Waals surface area contributed by atoms with Crippen LogP contribution in [0.4, 0.5) is 14.9 Å². The molecule has 2 aromatic rings. The number of nitrogens with one attached hydrogen (secondary N) is 2. The Morgan fingerprint density at radius 3 is 2.62 bits per heavy atom. The van der Waals surface area contributed by atoms with E-state index in [9.17, 15) is 17.6 Å². The molecule has 0 atom stereocenters. The fourth-order valence-corrected chi connectivity index (χ4v) is 2.19. The molecule has 2 N–H and O–H groups in total. The maximum atomic E-state index is 13.8. The zero-order valence-electron chi connectivity index (χ0n) is 13.1. The summed E-state index contributed by atoms with van der Waals surface area (Å²) in [6.45, 7) is 0.192. The third kappa shape index (κ3) is 4.73. The average Bonchev–Trinajstić information content (AvgIpc) is 3.02. The van der Waals surface area contributed by atoms with Gasteiger partial charge in [0.2, 0.25) is 10.0 Å². The molecule has 0 aliphatic carbocycles. The molecule has 0 radical (unpaired) electrons. The van der Waals surface area contributed by atoms with Crippen LogP contribution in [0.3, 0.4) is 0 Å². The van der Waals surface area contributed by atoms with E-state index in [0.717, 1.165) is 10.6 Å². The number of hydrogen-bond donors (Lipinski definition) is 2. The highest BCUT2D eigenvalue weighted by Crippen LogP contribution is 2.18. The maximum Gasteiger partial charge on any atom is 0.319 e. The molecule has 0 saturated heterocycles. The van der Waals surface area contributed by atoms with Gasteiger partial charge in [0.25, 0.3) is 0 Å². The summed E-state index contributed by atoms with van der Waals surface area (Å²) in [5, 5.41) is 12.1. The minimum absolute atomic E-state index is 0.0184. The number of anilines is 1. The number of urea groups is 1. The predicted molar refractivity (Wildman–Crippen MR) is 85.8 cm³/mol. The normalized spacial score (nSPS) is 11.5. The van der Waals surface area contributed by atoms with Crippen LogP contribution < -0.4 is 10.6 Å². The van der Waals surface area contributed by atoms with Gasteiger partial charge in [0.1, 0.15) is 18.5 Å². The van der Waals surface area contributed by atoms with Crippen LogP contribution in [0, 0.1) is 5.82 Å². The first kappa shape index (κ1) is 17.8. The summed E-state index contributed by atoms with van der Waals surface area (Å²) in [4.78, 5) is 11.8. The molecule has 2 amide bonds. The summed E-state index contributed by atoms with van der Waals surface area (Å²) in [7, 11) is -1.91. The molecular weight excluding hydrogens is 339 g/mol. The van der Waals surface area contributed by atoms with Gasteiger partial charge in [-0.05, 0) is 18.2 Å². The highest BCUT2D eigenvalue weighted by molar-refractivity contribution is 7.88. The number of hydrogen-bond acceptors (Lipinski definition) is 5. The van der Waals surface area contributed by atoms with Gasteiger partial charge in [0, 0.05) is 20.1 Å². The summed E-state index contributed by atoms with van der Waals surface area (Å²) in [5.74, 6) is -0.602. The molecule has 130 valence electrons. The fraction of sp³-hybridized carbons (Fsp3) is 0.308. The Morgan fingerprint density at radius 2 is 2.00 bits per heavy atom. The van der Waals surface area contributed by atoms with Crippen LogP contribution in [0.15, 0.2) is 30.9 Å². The van der Waals surface area contributed by atoms with Crippen LogP contribution in [0.25, 0.3) is 5.69 Å². The standard InChI is InChI=1S/C13H17FN6O3S/c1-19(24(2,22)23)6-5-15-13(21)18-12-7-10(3-4-11(12)14)20-8-16-17-9-20/h3-4,7-9H,5-6H2,1-2H3,(H2,15,18,21). The lowest BCUT2D eigenvalue weighted by atomic mass is 10.2. The predicted octanol–water partition coefficient (Wildman–Crippen LogP) is 0.419. The lowest BCUT2D eigenvalue weighted by molar-refractivity contribution is 0.251. The first-order valence-electron chi connectivity index (χ1n) is 6.88. The Hall–Kier alpha value is -2.53. The first-order valence-corrected chi connectivity index (χ1v) is 8.73. The van der Waals surface area contributed by atoms with Crippen LogP contribution in [0.5, 0.6) is 0 Å². The number of rotatable bonds is 6. The van der Waals surface area contributed by atoms with Crippen molar-refractivity contribution in [3.8, 4) is 5.69 Å². The van der Waals surface area contributed by atoms with E-state index >= 15 is 0 Å². The van der Waals surface area contributed by atoms with Gasteiger partial charge in [-0.3, -0.25) is 4.57 Å². The van der Waals surface area contributed by atoms with Crippen molar-refractivity contribution in [2.45, 2.75) is 0 Å². The number of likely N-dealkylation sites (N-methyl/N-ethyl adjacent to an activating group) is 1. The molecule has 1 aromatic carbocycles. The molecule has 0 fully saturated rings. The second-order valence-corrected chi connectivity index (χ2v) is 7.09. The Kier molecular flexibility index (Phi) is 5.46. The Balaban J connectivity index is 1.95. The summed E-state index contributed by atoms with van der Waals surface area (Å²) >= 11 is 0. The topological polar surface area (TPSA) is 109 Å². The van der Waals surface area contributed by atoms with Crippen LogP contribution in [-0.2, 0) is 10.0 Å². The van der Waals surface area contributed by atoms with Gasteiger partial charge in [-0.1, -0.05) is 0 Å². The molecule has 24 heavy (non-hydrogen) atoms. The highest BCUT2D eigenvalue weighted by atomic mass is 32.2. The van der Waals surface area contributed by atoms with Crippen LogP contribution in [0.2, 0.25) is 0 Å². The SMILES string of the molecule is CN(CCNC(=O)Nc1cc(-n2cnnc2)ccc1F)S(C)(=O)=O. The lowest BCUT2D eigenvalue weighted by Crippen LogP contribution is -2.37. The van der Waals surface area contributed by atoms with Crippen molar-refractivity contribution < 1.29 is 17.6 Å². The fourth-order valence-electron chi connectivity index (χ4n) is 1.76. The number of amides is 2. The molecule has 1 aromatic heterocycles. The monoisotopic (exact) mass is 356 g/mol. The average molecular weight is 356 g/mol. The van der Waals surface area contributed by atoms with Gasteiger partial charge >= 0.3 is 6.03 Å². The van der Waals surface area contributed by atoms with Gasteiger partial charge in [0.15, 0.2) is 0 Å². The third-order valence-corrected chi connectivity index (χ3v) is 4.51. The van der Waals surface area contributed by atoms with Crippen LogP contribution >= 0.6 is 0 Å². The molecule has 0 aliphatic heterocycles. The number of carbonyl (C=O) groups is 1. The van der Waals surface area contributed by atoms with E-state index in [2.05, 4.69) is 20.8 Å². The molecule has 0 bridgehead atoms. The van der Waals surface area contributed by atoms with Crippen LogP contribution in [0.1, 0.15) is 0 Å². The molecule has 0 aliphatic rings. The van der Waals surface area contributed by atoms with E-state index < -0.39 is 21.9 Å². The first-order chi connectivity index (χ1) is 11.3. The quantitative estimate of drug-likeness (QED) is 0.780. The van der Waals surface area contributed by atoms with Crippen molar-refractivity contribution in [3.05, 3.63) is 36.7 Å². The number of sulfonamides is 1. The molecule has 2 rings (SSSR count). The van der Waals surface area contributed by atoms with Gasteiger partial charge in [-0.2, -0.15) is 0 Å². The van der Waals surface area contributed by atoms with Crippen molar-refractivity contribution in [2.24, 2.45) is 0 Å². The largest absolute Gasteiger partial charge is 0.337 e. The maximum absolute atomic E-state index is 13.8. The van der Waals surface area contributed by atoms with E-state index in [-0.39, 0.29) is 18.8 Å². The minimum atomic E-state index is -3.31. The number of halogens is 1. The molecule has 11 heteroatoms. The number of carbonyl (C=O) groups excluding carboxylic acids is 1. The number of nitrogens with zero attached hydrogens (tertiary/aromatic N) is 4. The molecule has 0 saturated carbocycles. The Morgan fingerprint density at radius 1 is 1.33 bits per heavy atom. The molecule has 9 nitrogen and oxygen atoms in total. The van der Waals surface area contributed by atoms with Crippen molar-refractivity contribution in [1.82, 2.24) is 24.4 Å². The summed E-state index contributed by atoms with van der Waals surface area (Å²) in [5.41, 5.74) is 0.559. The Bertz CT molecular complexity index is 809. The Labute approximate surface area is 138 Å². The summed E-state index contributed by atoms with van der Waals surface area (Å²) < 4.78 is 38.9. The van der Waals surface area contributed by atoms with Crippen molar-refractivity contribution in [2.75, 3.05) is 31.7 Å². The van der Waals surface area contributed by atoms with Crippen molar-refractivity contribution >= 4 is 21.7 Å². The number of aromatic nitrogens is 3. The summed E-state index contributed by atoms with van der Waals surface area (Å²) in [6.07, 6.45) is 3.95. The molecule has 0 spiro atoms. The molecular formula is C13H17FN6O3S. The second kappa shape index (κ2) is 7.36. The smallest absolute Gasteiger partial charge is 0.319 e. The molecule has 1 heterocycles. The van der Waals surface area contributed by atoms with E-state index in [1.54, 1.807) is 4.57 Å². The number of benzene rings is 1. The van der Waals surface area contributed by atoms with E-state index in [0.29, 0.717) is 5.69 Å². The van der Waals surface area contributed by atoms with Gasteiger partial charge in [0.05, 0.1) is 17.6 Å². The van der Waals surface area contributed by atoms with Gasteiger partial charge in [-0.15, -0.1) is 10.2 Å². The zero-order chi connectivity index (χ0) is 17.7. The summed E-state index contributed by atoms with van der Waals surface area (Å²) in [6, 6.07) is 3.52. The van der Waals surface area contributed by atoms with Crippen LogP contribution in [-0.4, -0.2) is 59.9 Å². The third-order valence-electron chi connectivity index (χ3n) is 3.19. The van der Waals surface area contributed by atoms with E-state index in [1.807, 2.05) is 0 Å². The minimum Gasteiger partial charge on any atom is -0.337 e. The zero-order valence-corrected chi connectivity index (χ0v) is 13.9. The molecule has 0 unspecified atom stereocenters. The second-order valence-electron chi connectivity index (χ2n) is 5.00. The van der Waals surface area contributed by atoms with Gasteiger partial charge < -0.3 is 10.6 Å². The van der Waals surface area contributed by atoms with E-state index in [4.69, 9.17) is 0 Å². The highest BCUT2D eigenvalue weighted by Gasteiger charge is 2.12.